The lowest BCUT2D eigenvalue weighted by molar-refractivity contribution is 0.0746. The topological polar surface area (TPSA) is 52.7 Å². The van der Waals surface area contributed by atoms with Crippen molar-refractivity contribution in [2.24, 2.45) is 0 Å². The zero-order chi connectivity index (χ0) is 22.7. The van der Waals surface area contributed by atoms with E-state index in [0.717, 1.165) is 23.2 Å². The number of piperazine rings is 1. The number of carbonyl (C=O) groups excluding carboxylic acids is 2. The fourth-order valence-electron chi connectivity index (χ4n) is 3.57. The minimum Gasteiger partial charge on any atom is -0.368 e. The summed E-state index contributed by atoms with van der Waals surface area (Å²) in [6, 6.07) is 19.8. The molecule has 32 heavy (non-hydrogen) atoms. The quantitative estimate of drug-likeness (QED) is 0.450. The Morgan fingerprint density at radius 3 is 2.16 bits per heavy atom. The maximum absolute atomic E-state index is 12.7. The molecule has 0 unspecified atom stereocenters. The van der Waals surface area contributed by atoms with Crippen LogP contribution in [0.25, 0.3) is 0 Å². The van der Waals surface area contributed by atoms with Crippen molar-refractivity contribution < 1.29 is 9.59 Å². The molecule has 0 radical (unpaired) electrons. The first-order valence-electron chi connectivity index (χ1n) is 10.1. The van der Waals surface area contributed by atoms with E-state index in [9.17, 15) is 9.59 Å². The molecule has 1 aliphatic heterocycles. The number of carbonyl (C=O) groups is 2. The van der Waals surface area contributed by atoms with E-state index in [1.807, 2.05) is 29.2 Å². The van der Waals surface area contributed by atoms with Crippen LogP contribution in [0.5, 0.6) is 0 Å². The number of anilines is 2. The van der Waals surface area contributed by atoms with Gasteiger partial charge in [-0.25, -0.2) is 0 Å². The van der Waals surface area contributed by atoms with Crippen LogP contribution in [0.4, 0.5) is 11.4 Å². The maximum atomic E-state index is 12.7. The molecule has 0 aliphatic carbocycles. The maximum Gasteiger partial charge on any atom is 0.257 e. The van der Waals surface area contributed by atoms with E-state index < -0.39 is 0 Å². The van der Waals surface area contributed by atoms with Crippen LogP contribution in [0.15, 0.2) is 71.2 Å². The third kappa shape index (κ3) is 5.26. The number of rotatable bonds is 4. The highest BCUT2D eigenvalue weighted by Crippen LogP contribution is 2.24. The van der Waals surface area contributed by atoms with Gasteiger partial charge in [0.05, 0.1) is 10.6 Å². The molecule has 1 saturated heterocycles. The summed E-state index contributed by atoms with van der Waals surface area (Å²) >= 11 is 15.4. The van der Waals surface area contributed by atoms with Gasteiger partial charge in [0.25, 0.3) is 11.8 Å². The van der Waals surface area contributed by atoms with Crippen LogP contribution in [-0.4, -0.2) is 42.9 Å². The molecular weight excluding hydrogens is 513 g/mol. The Morgan fingerprint density at radius 1 is 0.844 bits per heavy atom. The van der Waals surface area contributed by atoms with Crippen molar-refractivity contribution in [3.05, 3.63) is 92.4 Å². The Morgan fingerprint density at radius 2 is 1.50 bits per heavy atom. The molecular formula is C24H20BrCl2N3O2. The number of halogens is 3. The minimum atomic E-state index is -0.265. The molecule has 1 aliphatic rings. The predicted octanol–water partition coefficient (Wildman–Crippen LogP) is 5.97. The normalized spacial score (nSPS) is 13.7. The highest BCUT2D eigenvalue weighted by Gasteiger charge is 2.22. The van der Waals surface area contributed by atoms with Crippen LogP contribution in [0.2, 0.25) is 10.0 Å². The molecule has 2 amide bonds. The number of nitrogens with one attached hydrogen (secondary N) is 1. The van der Waals surface area contributed by atoms with Gasteiger partial charge in [-0.15, -0.1) is 0 Å². The highest BCUT2D eigenvalue weighted by molar-refractivity contribution is 9.10. The molecule has 0 saturated carbocycles. The average Bonchev–Trinajstić information content (AvgIpc) is 2.81. The first-order valence-corrected chi connectivity index (χ1v) is 11.6. The molecule has 5 nitrogen and oxygen atoms in total. The van der Waals surface area contributed by atoms with Crippen molar-refractivity contribution in [2.75, 3.05) is 36.4 Å². The lowest BCUT2D eigenvalue weighted by Crippen LogP contribution is -2.48. The monoisotopic (exact) mass is 531 g/mol. The molecule has 3 aromatic carbocycles. The summed E-state index contributed by atoms with van der Waals surface area (Å²) in [5.41, 5.74) is 2.79. The lowest BCUT2D eigenvalue weighted by Gasteiger charge is -2.36. The van der Waals surface area contributed by atoms with Gasteiger partial charge < -0.3 is 15.1 Å². The SMILES string of the molecule is O=C(Nc1ccc(N2CCN(C(=O)c3ccc(Cl)cc3)CC2)cc1)c1cc(Br)ccc1Cl. The largest absolute Gasteiger partial charge is 0.368 e. The van der Waals surface area contributed by atoms with E-state index in [0.29, 0.717) is 39.9 Å². The Kier molecular flexibility index (Phi) is 7.04. The van der Waals surface area contributed by atoms with Gasteiger partial charge in [-0.05, 0) is 66.7 Å². The van der Waals surface area contributed by atoms with E-state index >= 15 is 0 Å². The summed E-state index contributed by atoms with van der Waals surface area (Å²) in [4.78, 5) is 29.3. The number of nitrogens with zero attached hydrogens (tertiary/aromatic N) is 2. The Bertz CT molecular complexity index is 1130. The molecule has 164 valence electrons. The second-order valence-corrected chi connectivity index (χ2v) is 9.17. The van der Waals surface area contributed by atoms with Crippen molar-refractivity contribution in [3.8, 4) is 0 Å². The van der Waals surface area contributed by atoms with Crippen LogP contribution >= 0.6 is 39.1 Å². The Labute approximate surface area is 205 Å². The summed E-state index contributed by atoms with van der Waals surface area (Å²) < 4.78 is 0.788. The first-order chi connectivity index (χ1) is 15.4. The van der Waals surface area contributed by atoms with E-state index in [-0.39, 0.29) is 11.8 Å². The third-order valence-corrected chi connectivity index (χ3v) is 6.40. The molecule has 0 atom stereocenters. The second-order valence-electron chi connectivity index (χ2n) is 7.41. The smallest absolute Gasteiger partial charge is 0.257 e. The molecule has 4 rings (SSSR count). The van der Waals surface area contributed by atoms with Crippen molar-refractivity contribution >= 4 is 62.3 Å². The number of amides is 2. The highest BCUT2D eigenvalue weighted by atomic mass is 79.9. The standard InChI is InChI=1S/C24H20BrCl2N3O2/c25-17-3-10-22(27)21(15-17)23(31)28-19-6-8-20(9-7-19)29-11-13-30(14-12-29)24(32)16-1-4-18(26)5-2-16/h1-10,15H,11-14H2,(H,28,31). The Hall–Kier alpha value is -2.54. The molecule has 1 fully saturated rings. The van der Waals surface area contributed by atoms with Crippen LogP contribution in [0, 0.1) is 0 Å². The van der Waals surface area contributed by atoms with Gasteiger partial charge in [0, 0.05) is 52.6 Å². The van der Waals surface area contributed by atoms with E-state index in [2.05, 4.69) is 26.1 Å². The molecule has 0 aromatic heterocycles. The molecule has 0 bridgehead atoms. The van der Waals surface area contributed by atoms with Crippen molar-refractivity contribution in [2.45, 2.75) is 0 Å². The van der Waals surface area contributed by atoms with Gasteiger partial charge in [0.15, 0.2) is 0 Å². The van der Waals surface area contributed by atoms with E-state index in [1.165, 1.54) is 0 Å². The van der Waals surface area contributed by atoms with Crippen LogP contribution in [0.3, 0.4) is 0 Å². The van der Waals surface area contributed by atoms with E-state index in [4.69, 9.17) is 23.2 Å². The zero-order valence-corrected chi connectivity index (χ0v) is 20.1. The third-order valence-electron chi connectivity index (χ3n) is 5.32. The van der Waals surface area contributed by atoms with Gasteiger partial charge >= 0.3 is 0 Å². The summed E-state index contributed by atoms with van der Waals surface area (Å²) in [6.45, 7) is 2.75. The molecule has 0 spiro atoms. The van der Waals surface area contributed by atoms with Crippen molar-refractivity contribution in [3.63, 3.8) is 0 Å². The van der Waals surface area contributed by atoms with Crippen LogP contribution in [-0.2, 0) is 0 Å². The van der Waals surface area contributed by atoms with Crippen molar-refractivity contribution in [1.82, 2.24) is 4.90 Å². The first kappa shape index (κ1) is 22.6. The number of hydrogen-bond donors (Lipinski definition) is 1. The number of hydrogen-bond acceptors (Lipinski definition) is 3. The van der Waals surface area contributed by atoms with Crippen LogP contribution < -0.4 is 10.2 Å². The predicted molar refractivity (Wildman–Crippen MR) is 133 cm³/mol. The van der Waals surface area contributed by atoms with Crippen molar-refractivity contribution in [1.29, 1.82) is 0 Å². The second kappa shape index (κ2) is 9.94. The summed E-state index contributed by atoms with van der Waals surface area (Å²) in [5, 5.41) is 3.89. The molecule has 1 heterocycles. The van der Waals surface area contributed by atoms with Gasteiger partial charge in [-0.3, -0.25) is 9.59 Å². The molecule has 3 aromatic rings. The van der Waals surface area contributed by atoms with Gasteiger partial charge in [-0.2, -0.15) is 0 Å². The Balaban J connectivity index is 1.35. The fraction of sp³-hybridized carbons (Fsp3) is 0.167. The van der Waals surface area contributed by atoms with E-state index in [1.54, 1.807) is 42.5 Å². The van der Waals surface area contributed by atoms with Gasteiger partial charge in [0.1, 0.15) is 0 Å². The fourth-order valence-corrected chi connectivity index (χ4v) is 4.26. The summed E-state index contributed by atoms with van der Waals surface area (Å²) in [7, 11) is 0. The number of benzene rings is 3. The summed E-state index contributed by atoms with van der Waals surface area (Å²) in [6.07, 6.45) is 0. The lowest BCUT2D eigenvalue weighted by atomic mass is 10.1. The molecule has 1 N–H and O–H groups in total. The minimum absolute atomic E-state index is 0.0191. The summed E-state index contributed by atoms with van der Waals surface area (Å²) in [5.74, 6) is -0.246. The zero-order valence-electron chi connectivity index (χ0n) is 17.0. The molecule has 8 heteroatoms. The van der Waals surface area contributed by atoms with Gasteiger partial charge in [0.2, 0.25) is 0 Å². The van der Waals surface area contributed by atoms with Gasteiger partial charge in [-0.1, -0.05) is 39.1 Å². The van der Waals surface area contributed by atoms with Crippen LogP contribution in [0.1, 0.15) is 20.7 Å². The average molecular weight is 533 g/mol.